The number of aryl methyl sites for hydroxylation is 1. The van der Waals surface area contributed by atoms with Crippen LogP contribution in [0, 0.1) is 0 Å². The van der Waals surface area contributed by atoms with Gasteiger partial charge < -0.3 is 23.5 Å². The Kier molecular flexibility index (Phi) is 8.08. The minimum absolute atomic E-state index is 0.134. The number of benzene rings is 2. The maximum absolute atomic E-state index is 12.0. The van der Waals surface area contributed by atoms with Crippen LogP contribution in [-0.2, 0) is 22.4 Å². The maximum Gasteiger partial charge on any atom is 0.515 e. The van der Waals surface area contributed by atoms with Crippen LogP contribution in [-0.4, -0.2) is 66.9 Å². The topological polar surface area (TPSA) is 169 Å². The number of hydrogen-bond acceptors (Lipinski definition) is 12. The van der Waals surface area contributed by atoms with E-state index in [2.05, 4.69) is 47.2 Å². The summed E-state index contributed by atoms with van der Waals surface area (Å²) in [6.45, 7) is 2.42. The molecule has 0 bridgehead atoms. The number of tetrazole rings is 1. The molecule has 0 saturated heterocycles. The van der Waals surface area contributed by atoms with Gasteiger partial charge in [-0.05, 0) is 28.3 Å². The molecule has 3 heterocycles. The first-order valence-electron chi connectivity index (χ1n) is 12.7. The summed E-state index contributed by atoms with van der Waals surface area (Å²) in [6, 6.07) is 15.8. The number of unbranched alkanes of at least 4 members (excludes halogenated alkanes) is 1. The summed E-state index contributed by atoms with van der Waals surface area (Å²) in [7, 11) is 2.36. The summed E-state index contributed by atoms with van der Waals surface area (Å²) in [4.78, 5) is 28.6. The summed E-state index contributed by atoms with van der Waals surface area (Å²) in [5.74, 6) is 0.867. The Hall–Kier alpha value is -5.40. The van der Waals surface area contributed by atoms with E-state index in [1.165, 1.54) is 14.2 Å². The first-order chi connectivity index (χ1) is 20.0. The second kappa shape index (κ2) is 12.2. The number of imidazole rings is 1. The Bertz CT molecular complexity index is 1670. The van der Waals surface area contributed by atoms with Gasteiger partial charge in [-0.1, -0.05) is 61.9 Å². The molecule has 0 unspecified atom stereocenters. The van der Waals surface area contributed by atoms with Gasteiger partial charge in [0.1, 0.15) is 11.3 Å². The number of ether oxygens (including phenoxy) is 4. The zero-order valence-electron chi connectivity index (χ0n) is 22.5. The van der Waals surface area contributed by atoms with Crippen LogP contribution in [0.2, 0.25) is 0 Å². The van der Waals surface area contributed by atoms with Crippen molar-refractivity contribution in [1.82, 2.24) is 40.4 Å². The van der Waals surface area contributed by atoms with Crippen molar-refractivity contribution in [3.05, 3.63) is 59.9 Å². The third-order valence-electron chi connectivity index (χ3n) is 6.25. The molecular formula is C27H26N8O6. The van der Waals surface area contributed by atoms with Gasteiger partial charge in [0.2, 0.25) is 5.82 Å². The molecule has 5 aromatic rings. The van der Waals surface area contributed by atoms with Crippen molar-refractivity contribution in [2.45, 2.75) is 32.7 Å². The van der Waals surface area contributed by atoms with Crippen LogP contribution in [0.4, 0.5) is 9.59 Å². The lowest BCUT2D eigenvalue weighted by Gasteiger charge is -2.12. The number of hydrogen-bond donors (Lipinski definition) is 1. The number of nitrogens with one attached hydrogen (secondary N) is 1. The van der Waals surface area contributed by atoms with Crippen molar-refractivity contribution in [2.75, 3.05) is 14.2 Å². The molecule has 0 fully saturated rings. The number of fused-ring (bicyclic) bond motifs is 1. The predicted octanol–water partition coefficient (Wildman–Crippen LogP) is 4.35. The number of rotatable bonds is 9. The Morgan fingerprint density at radius 2 is 1.56 bits per heavy atom. The van der Waals surface area contributed by atoms with Crippen LogP contribution < -0.4 is 9.47 Å². The van der Waals surface area contributed by atoms with Crippen LogP contribution in [0.3, 0.4) is 0 Å². The van der Waals surface area contributed by atoms with Crippen LogP contribution >= 0.6 is 0 Å². The van der Waals surface area contributed by atoms with E-state index in [0.717, 1.165) is 35.1 Å². The minimum atomic E-state index is -0.983. The van der Waals surface area contributed by atoms with Crippen LogP contribution in [0.15, 0.2) is 48.5 Å². The zero-order valence-corrected chi connectivity index (χ0v) is 22.5. The Morgan fingerprint density at radius 1 is 0.878 bits per heavy atom. The molecule has 14 nitrogen and oxygen atoms in total. The van der Waals surface area contributed by atoms with Crippen molar-refractivity contribution in [3.8, 4) is 34.3 Å². The van der Waals surface area contributed by atoms with Gasteiger partial charge in [-0.2, -0.15) is 5.21 Å². The van der Waals surface area contributed by atoms with E-state index in [1.54, 1.807) is 0 Å². The van der Waals surface area contributed by atoms with E-state index < -0.39 is 12.3 Å². The van der Waals surface area contributed by atoms with E-state index >= 15 is 0 Å². The number of H-pyrrole nitrogens is 1. The number of nitrogens with zero attached hydrogens (tertiary/aromatic N) is 7. The molecule has 0 aliphatic rings. The average Bonchev–Trinajstić information content (AvgIpc) is 3.67. The van der Waals surface area contributed by atoms with Gasteiger partial charge in [-0.25, -0.2) is 14.6 Å². The molecular weight excluding hydrogens is 532 g/mol. The van der Waals surface area contributed by atoms with Gasteiger partial charge >= 0.3 is 12.3 Å². The first-order valence-corrected chi connectivity index (χ1v) is 12.7. The molecule has 0 spiro atoms. The Balaban J connectivity index is 1.56. The molecule has 0 aliphatic heterocycles. The van der Waals surface area contributed by atoms with Crippen molar-refractivity contribution in [1.29, 1.82) is 0 Å². The predicted molar refractivity (Wildman–Crippen MR) is 144 cm³/mol. The van der Waals surface area contributed by atoms with Gasteiger partial charge in [0.05, 0.1) is 14.2 Å². The molecule has 210 valence electrons. The molecule has 0 radical (unpaired) electrons. The molecule has 2 aromatic carbocycles. The highest BCUT2D eigenvalue weighted by atomic mass is 16.7. The summed E-state index contributed by atoms with van der Waals surface area (Å²) in [5, 5.41) is 22.3. The molecule has 14 heteroatoms. The van der Waals surface area contributed by atoms with Crippen molar-refractivity contribution in [3.63, 3.8) is 0 Å². The third-order valence-corrected chi connectivity index (χ3v) is 6.25. The Labute approximate surface area is 233 Å². The molecule has 5 rings (SSSR count). The molecule has 1 N–H and O–H groups in total. The fourth-order valence-corrected chi connectivity index (χ4v) is 4.30. The standard InChI is InChI=1S/C27H26N8O6/c1-4-5-10-20-28-21-22(25(41-27(37)39-3)32-31-24(21)40-26(36)38-2)35(20)15-16-11-13-17(14-12-16)18-8-6-7-9-19(18)23-29-33-34-30-23/h6-9,11-14H,4-5,10,15H2,1-3H3,(H,29,30,33,34). The molecule has 0 atom stereocenters. The Morgan fingerprint density at radius 3 is 2.22 bits per heavy atom. The molecule has 0 aliphatic carbocycles. The van der Waals surface area contributed by atoms with E-state index in [0.29, 0.717) is 30.1 Å². The van der Waals surface area contributed by atoms with Gasteiger partial charge in [0, 0.05) is 18.5 Å². The number of carbonyl (C=O) groups is 2. The lowest BCUT2D eigenvalue weighted by molar-refractivity contribution is 0.116. The average molecular weight is 559 g/mol. The maximum atomic E-state index is 12.0. The lowest BCUT2D eigenvalue weighted by Crippen LogP contribution is -2.13. The second-order valence-electron chi connectivity index (χ2n) is 8.82. The quantitative estimate of drug-likeness (QED) is 0.254. The third kappa shape index (κ3) is 5.80. The summed E-state index contributed by atoms with van der Waals surface area (Å²) >= 11 is 0. The van der Waals surface area contributed by atoms with Crippen LogP contribution in [0.25, 0.3) is 33.5 Å². The number of aromatic nitrogens is 8. The first kappa shape index (κ1) is 27.2. The lowest BCUT2D eigenvalue weighted by atomic mass is 9.98. The smallest absolute Gasteiger partial charge is 0.437 e. The highest BCUT2D eigenvalue weighted by Crippen LogP contribution is 2.33. The largest absolute Gasteiger partial charge is 0.515 e. The molecule has 3 aromatic heterocycles. The minimum Gasteiger partial charge on any atom is -0.437 e. The van der Waals surface area contributed by atoms with Crippen LogP contribution in [0.1, 0.15) is 31.2 Å². The van der Waals surface area contributed by atoms with E-state index in [1.807, 2.05) is 53.1 Å². The van der Waals surface area contributed by atoms with Crippen molar-refractivity contribution in [2.24, 2.45) is 0 Å². The van der Waals surface area contributed by atoms with E-state index in [-0.39, 0.29) is 17.3 Å². The van der Waals surface area contributed by atoms with Crippen LogP contribution in [0.5, 0.6) is 11.8 Å². The zero-order chi connectivity index (χ0) is 28.8. The molecule has 0 saturated carbocycles. The number of carbonyl (C=O) groups excluding carboxylic acids is 2. The number of methoxy groups -OCH3 is 2. The van der Waals surface area contributed by atoms with E-state index in [4.69, 9.17) is 14.5 Å². The fraction of sp³-hybridized carbons (Fsp3) is 0.259. The van der Waals surface area contributed by atoms with E-state index in [9.17, 15) is 9.59 Å². The fourth-order valence-electron chi connectivity index (χ4n) is 4.30. The summed E-state index contributed by atoms with van der Waals surface area (Å²) in [5.41, 5.74) is 4.20. The van der Waals surface area contributed by atoms with Crippen molar-refractivity contribution < 1.29 is 28.5 Å². The summed E-state index contributed by atoms with van der Waals surface area (Å²) in [6.07, 6.45) is 0.413. The monoisotopic (exact) mass is 558 g/mol. The highest BCUT2D eigenvalue weighted by molar-refractivity contribution is 5.88. The highest BCUT2D eigenvalue weighted by Gasteiger charge is 2.25. The summed E-state index contributed by atoms with van der Waals surface area (Å²) < 4.78 is 21.6. The van der Waals surface area contributed by atoms with Gasteiger partial charge in [0.15, 0.2) is 5.52 Å². The van der Waals surface area contributed by atoms with Gasteiger partial charge in [-0.15, -0.1) is 20.4 Å². The normalized spacial score (nSPS) is 10.9. The number of aromatic amines is 1. The van der Waals surface area contributed by atoms with Crippen molar-refractivity contribution >= 4 is 23.3 Å². The SMILES string of the molecule is CCCCc1nc2c(OC(=O)OC)nnc(OC(=O)OC)c2n1Cc1ccc(-c2ccccc2-c2nn[nH]n2)cc1. The van der Waals surface area contributed by atoms with Gasteiger partial charge in [0.25, 0.3) is 11.8 Å². The molecule has 0 amide bonds. The van der Waals surface area contributed by atoms with Gasteiger partial charge in [-0.3, -0.25) is 0 Å². The second-order valence-corrected chi connectivity index (χ2v) is 8.82. The molecule has 41 heavy (non-hydrogen) atoms.